The lowest BCUT2D eigenvalue weighted by Gasteiger charge is -1.83. The summed E-state index contributed by atoms with van der Waals surface area (Å²) in [6.07, 6.45) is 0. The number of hydrogen-bond donors (Lipinski definition) is 2. The van der Waals surface area contributed by atoms with Crippen LogP contribution in [0.2, 0.25) is 10.3 Å². The molecule has 6 nitrogen and oxygen atoms in total. The third kappa shape index (κ3) is 7.71. The molecule has 0 aromatic carbocycles. The van der Waals surface area contributed by atoms with Gasteiger partial charge in [-0.1, -0.05) is 23.2 Å². The summed E-state index contributed by atoms with van der Waals surface area (Å²) in [5, 5.41) is 10.4. The molecule has 1 heterocycles. The third-order valence-corrected chi connectivity index (χ3v) is 0.888. The van der Waals surface area contributed by atoms with Crippen molar-refractivity contribution in [2.45, 2.75) is 0 Å². The maximum absolute atomic E-state index is 8.70. The minimum Gasteiger partial charge on any atom is -0.134 e. The molecule has 0 saturated heterocycles. The standard InChI is InChI=1S/C3HCl2N3.HO3P/c4-2-1-3(5)7-8-6-2;1-4(2)3/h1H;(H-,1,2,3)/p+1. The van der Waals surface area contributed by atoms with Crippen molar-refractivity contribution in [3.05, 3.63) is 16.4 Å². The van der Waals surface area contributed by atoms with E-state index in [1.54, 1.807) is 0 Å². The number of nitrogens with zero attached hydrogens (tertiary/aromatic N) is 3. The molecule has 0 spiro atoms. The Morgan fingerprint density at radius 1 is 1.25 bits per heavy atom. The molecule has 1 aromatic rings. The lowest BCUT2D eigenvalue weighted by Crippen LogP contribution is -1.84. The Morgan fingerprint density at radius 3 is 1.75 bits per heavy atom. The highest BCUT2D eigenvalue weighted by Gasteiger charge is 1.93. The van der Waals surface area contributed by atoms with Gasteiger partial charge in [-0.25, -0.2) is 0 Å². The first-order valence-corrected chi connectivity index (χ1v) is 4.31. The van der Waals surface area contributed by atoms with E-state index in [1.165, 1.54) is 6.07 Å². The summed E-state index contributed by atoms with van der Waals surface area (Å²) in [6.45, 7) is 0. The fourth-order valence-electron chi connectivity index (χ4n) is 0.264. The third-order valence-electron chi connectivity index (χ3n) is 0.519. The Balaban J connectivity index is 0.000000261. The molecule has 0 fully saturated rings. The van der Waals surface area contributed by atoms with Gasteiger partial charge in [0.05, 0.1) is 0 Å². The van der Waals surface area contributed by atoms with Crippen LogP contribution in [-0.2, 0) is 4.57 Å². The highest BCUT2D eigenvalue weighted by atomic mass is 35.5. The summed E-state index contributed by atoms with van der Waals surface area (Å²) in [6, 6.07) is 1.41. The second-order valence-electron chi connectivity index (χ2n) is 1.33. The maximum atomic E-state index is 8.70. The molecule has 0 aliphatic heterocycles. The predicted molar refractivity (Wildman–Crippen MR) is 41.9 cm³/mol. The van der Waals surface area contributed by atoms with Crippen LogP contribution in [0, 0.1) is 0 Å². The lowest BCUT2D eigenvalue weighted by molar-refractivity contribution is 0.405. The van der Waals surface area contributed by atoms with E-state index in [0.29, 0.717) is 0 Å². The molecular formula is C3H3Cl2N3O3P+. The van der Waals surface area contributed by atoms with Gasteiger partial charge in [-0.2, -0.15) is 0 Å². The fraction of sp³-hybridized carbons (Fsp3) is 0. The molecule has 0 unspecified atom stereocenters. The molecular weight excluding hydrogens is 228 g/mol. The van der Waals surface area contributed by atoms with Crippen molar-refractivity contribution < 1.29 is 14.4 Å². The molecule has 0 amide bonds. The van der Waals surface area contributed by atoms with Gasteiger partial charge in [-0.05, 0) is 5.21 Å². The SMILES string of the molecule is Clc1cc(Cl)nnn1.O=[P+](O)O. The maximum Gasteiger partial charge on any atom is 0.692 e. The molecule has 9 heteroatoms. The summed E-state index contributed by atoms with van der Waals surface area (Å²) in [7, 11) is -2.87. The van der Waals surface area contributed by atoms with Crippen LogP contribution in [0.4, 0.5) is 0 Å². The summed E-state index contributed by atoms with van der Waals surface area (Å²) in [5.74, 6) is 0. The molecule has 1 aromatic heterocycles. The van der Waals surface area contributed by atoms with Crippen LogP contribution in [0.1, 0.15) is 0 Å². The zero-order valence-corrected chi connectivity index (χ0v) is 7.83. The molecule has 0 atom stereocenters. The zero-order valence-electron chi connectivity index (χ0n) is 5.42. The molecule has 0 bridgehead atoms. The van der Waals surface area contributed by atoms with Crippen molar-refractivity contribution in [2.24, 2.45) is 0 Å². The van der Waals surface area contributed by atoms with Crippen molar-refractivity contribution in [2.75, 3.05) is 0 Å². The van der Waals surface area contributed by atoms with Gasteiger partial charge < -0.3 is 0 Å². The van der Waals surface area contributed by atoms with E-state index in [-0.39, 0.29) is 10.3 Å². The molecule has 1 rings (SSSR count). The Labute approximate surface area is 78.1 Å². The zero-order chi connectivity index (χ0) is 9.56. The average Bonchev–Trinajstić information content (AvgIpc) is 1.84. The second kappa shape index (κ2) is 6.16. The van der Waals surface area contributed by atoms with Crippen LogP contribution < -0.4 is 0 Å². The van der Waals surface area contributed by atoms with E-state index in [9.17, 15) is 0 Å². The predicted octanol–water partition coefficient (Wildman–Crippen LogP) is 0.807. The van der Waals surface area contributed by atoms with Crippen molar-refractivity contribution in [3.63, 3.8) is 0 Å². The van der Waals surface area contributed by atoms with Crippen molar-refractivity contribution in [3.8, 4) is 0 Å². The molecule has 12 heavy (non-hydrogen) atoms. The lowest BCUT2D eigenvalue weighted by atomic mass is 10.7. The van der Waals surface area contributed by atoms with E-state index in [2.05, 4.69) is 15.4 Å². The Hall–Kier alpha value is -0.390. The summed E-state index contributed by atoms with van der Waals surface area (Å²) in [4.78, 5) is 14.2. The Bertz CT molecular complexity index is 251. The molecule has 0 saturated carbocycles. The normalized spacial score (nSPS) is 8.33. The Morgan fingerprint density at radius 2 is 1.58 bits per heavy atom. The van der Waals surface area contributed by atoms with E-state index >= 15 is 0 Å². The molecule has 2 N–H and O–H groups in total. The van der Waals surface area contributed by atoms with Gasteiger partial charge in [-0.3, -0.25) is 0 Å². The Kier molecular flexibility index (Phi) is 5.96. The molecule has 0 radical (unpaired) electrons. The largest absolute Gasteiger partial charge is 0.692 e. The number of rotatable bonds is 0. The fourth-order valence-corrected chi connectivity index (χ4v) is 0.594. The van der Waals surface area contributed by atoms with Gasteiger partial charge in [0, 0.05) is 10.6 Å². The average molecular weight is 231 g/mol. The van der Waals surface area contributed by atoms with Crippen molar-refractivity contribution in [1.82, 2.24) is 15.4 Å². The number of halogens is 2. The van der Waals surface area contributed by atoms with Gasteiger partial charge >= 0.3 is 8.25 Å². The summed E-state index contributed by atoms with van der Waals surface area (Å²) in [5.41, 5.74) is 0. The van der Waals surface area contributed by atoms with Crippen LogP contribution in [0.5, 0.6) is 0 Å². The molecule has 0 aliphatic rings. The molecule has 66 valence electrons. The van der Waals surface area contributed by atoms with Gasteiger partial charge in [0.1, 0.15) is 0 Å². The van der Waals surface area contributed by atoms with E-state index in [4.69, 9.17) is 37.6 Å². The van der Waals surface area contributed by atoms with E-state index in [0.717, 1.165) is 0 Å². The number of hydrogen-bond acceptors (Lipinski definition) is 4. The number of aromatic nitrogens is 3. The summed E-state index contributed by atoms with van der Waals surface area (Å²) < 4.78 is 8.70. The van der Waals surface area contributed by atoms with Crippen LogP contribution in [0.15, 0.2) is 6.07 Å². The van der Waals surface area contributed by atoms with Crippen LogP contribution in [0.25, 0.3) is 0 Å². The highest BCUT2D eigenvalue weighted by Crippen LogP contribution is 2.06. The summed E-state index contributed by atoms with van der Waals surface area (Å²) >= 11 is 10.7. The monoisotopic (exact) mass is 230 g/mol. The minimum absolute atomic E-state index is 0.255. The van der Waals surface area contributed by atoms with E-state index < -0.39 is 8.25 Å². The minimum atomic E-state index is -2.87. The van der Waals surface area contributed by atoms with Gasteiger partial charge in [0.2, 0.25) is 0 Å². The topological polar surface area (TPSA) is 96.2 Å². The van der Waals surface area contributed by atoms with Crippen molar-refractivity contribution >= 4 is 31.5 Å². The van der Waals surface area contributed by atoms with Crippen LogP contribution >= 0.6 is 31.5 Å². The van der Waals surface area contributed by atoms with Gasteiger partial charge in [-0.15, -0.1) is 20.0 Å². The smallest absolute Gasteiger partial charge is 0.134 e. The van der Waals surface area contributed by atoms with Crippen LogP contribution in [0.3, 0.4) is 0 Å². The van der Waals surface area contributed by atoms with Crippen molar-refractivity contribution in [1.29, 1.82) is 0 Å². The first-order valence-electron chi connectivity index (χ1n) is 2.39. The van der Waals surface area contributed by atoms with Crippen LogP contribution in [-0.4, -0.2) is 25.2 Å². The van der Waals surface area contributed by atoms with Gasteiger partial charge in [0.25, 0.3) is 0 Å². The van der Waals surface area contributed by atoms with Gasteiger partial charge in [0.15, 0.2) is 10.3 Å². The molecule has 0 aliphatic carbocycles. The first-order chi connectivity index (χ1) is 5.52. The quantitative estimate of drug-likeness (QED) is 0.641. The van der Waals surface area contributed by atoms with E-state index in [1.807, 2.05) is 0 Å². The second-order valence-corrected chi connectivity index (χ2v) is 2.61. The first kappa shape index (κ1) is 11.6. The highest BCUT2D eigenvalue weighted by molar-refractivity contribution is 7.30.